The summed E-state index contributed by atoms with van der Waals surface area (Å²) in [4.78, 5) is 46.0. The van der Waals surface area contributed by atoms with Crippen LogP contribution < -0.4 is 10.4 Å². The van der Waals surface area contributed by atoms with Crippen molar-refractivity contribution in [1.82, 2.24) is 0 Å². The highest BCUT2D eigenvalue weighted by molar-refractivity contribution is 5.90. The van der Waals surface area contributed by atoms with Crippen molar-refractivity contribution in [3.05, 3.63) is 210 Å². The quantitative estimate of drug-likeness (QED) is 0.0547. The molecule has 2 fully saturated rings. The third-order valence-corrected chi connectivity index (χ3v) is 22.4. The number of hydrogen-bond acceptors (Lipinski definition) is 11. The molecule has 86 heavy (non-hydrogen) atoms. The third kappa shape index (κ3) is 9.39. The fourth-order valence-corrected chi connectivity index (χ4v) is 18.4. The predicted molar refractivity (Wildman–Crippen MR) is 330 cm³/mol. The average molecular weight is 1160 g/mol. The van der Waals surface area contributed by atoms with E-state index in [9.17, 15) is 20.1 Å². The molecule has 2 bridgehead atoms. The number of fused-ring (bicyclic) bond motifs is 16. The van der Waals surface area contributed by atoms with Crippen molar-refractivity contribution in [2.75, 3.05) is 26.9 Å². The summed E-state index contributed by atoms with van der Waals surface area (Å²) in [6.07, 6.45) is 17.9. The number of carbonyl (C=O) groups excluding carboxylic acids is 2. The van der Waals surface area contributed by atoms with E-state index in [2.05, 4.69) is 115 Å². The number of hydrogen-bond donors (Lipinski definition) is 3. The van der Waals surface area contributed by atoms with Crippen LogP contribution in [0.2, 0.25) is 0 Å². The first-order valence-electron chi connectivity index (χ1n) is 31.9. The van der Waals surface area contributed by atoms with Gasteiger partial charge in [-0.2, -0.15) is 0 Å². The van der Waals surface area contributed by atoms with Crippen molar-refractivity contribution >= 4 is 29.0 Å². The van der Waals surface area contributed by atoms with Gasteiger partial charge in [-0.05, 0) is 194 Å². The molecule has 1 spiro atoms. The third-order valence-electron chi connectivity index (χ3n) is 22.4. The second-order valence-corrected chi connectivity index (χ2v) is 26.6. The van der Waals surface area contributed by atoms with Crippen LogP contribution in [0, 0.1) is 29.6 Å². The van der Waals surface area contributed by atoms with Crippen molar-refractivity contribution in [3.63, 3.8) is 0 Å². The normalized spacial score (nSPS) is 30.8. The molecule has 13 atom stereocenters. The molecule has 6 aliphatic carbocycles. The summed E-state index contributed by atoms with van der Waals surface area (Å²) in [7, 11) is 1.52. The van der Waals surface area contributed by atoms with Crippen LogP contribution in [-0.2, 0) is 55.1 Å². The number of benzene rings is 5. The largest absolute Gasteiger partial charge is 0.483 e. The van der Waals surface area contributed by atoms with E-state index in [4.69, 9.17) is 23.4 Å². The maximum atomic E-state index is 15.9. The Morgan fingerprint density at radius 2 is 1.53 bits per heavy atom. The standard InChI is InChI=1S/C75H80O11/c1-43(40-77)55-29-20-44-18-21-46(22-19-44)56-30-26-48(58-15-9-17-64-59(58)31-28-53-13-8-12-52-27-25-47-11-5-7-16-63(47)75(52,53)64)36-51(56)38-66(79)83-70-68-65(33-32-60-62(41-78)67(73(81)84-69(60)68)50(34-35-76)42-82-3)86-74(2,71(70)85-72(55)80)54-37-49-24-23-45-10-4-6-14-57(45)61(49)39-54/h4-7,9-11,14-19,21-24,26,30,32-33,48-54,56,61,70-71,76-78H,8,12-13,20,25,27-29,31,34-42H2,1-3H3/b55-43-/t48-,49+,50-,51-,52-,53-,54+,56+,61-,70-,71+,74+,75-/m1/s1. The van der Waals surface area contributed by atoms with Crippen molar-refractivity contribution < 1.29 is 48.3 Å². The molecule has 11 heteroatoms. The van der Waals surface area contributed by atoms with E-state index in [1.54, 1.807) is 19.1 Å². The molecule has 15 rings (SSSR count). The smallest absolute Gasteiger partial charge is 0.340 e. The van der Waals surface area contributed by atoms with Crippen LogP contribution in [0.5, 0.6) is 5.75 Å². The van der Waals surface area contributed by atoms with Gasteiger partial charge in [-0.15, -0.1) is 0 Å². The van der Waals surface area contributed by atoms with Gasteiger partial charge >= 0.3 is 17.6 Å². The van der Waals surface area contributed by atoms with Gasteiger partial charge in [-0.3, -0.25) is 4.79 Å². The summed E-state index contributed by atoms with van der Waals surface area (Å²) in [6.45, 7) is 2.64. The van der Waals surface area contributed by atoms with Crippen LogP contribution in [0.25, 0.3) is 17.0 Å². The Labute approximate surface area is 504 Å². The minimum absolute atomic E-state index is 0.0153. The fourth-order valence-electron chi connectivity index (χ4n) is 18.4. The number of methoxy groups -OCH3 is 1. The van der Waals surface area contributed by atoms with Crippen LogP contribution in [0.1, 0.15) is 181 Å². The van der Waals surface area contributed by atoms with Crippen LogP contribution in [0.3, 0.4) is 0 Å². The van der Waals surface area contributed by atoms with E-state index in [-0.39, 0.29) is 96.7 Å². The molecule has 0 radical (unpaired) electrons. The molecule has 3 N–H and O–H groups in total. The second-order valence-electron chi connectivity index (χ2n) is 26.6. The molecule has 446 valence electrons. The summed E-state index contributed by atoms with van der Waals surface area (Å²) in [5, 5.41) is 32.6. The van der Waals surface area contributed by atoms with Crippen molar-refractivity contribution in [1.29, 1.82) is 0 Å². The van der Waals surface area contributed by atoms with Gasteiger partial charge in [0.05, 0.1) is 25.4 Å². The zero-order valence-corrected chi connectivity index (χ0v) is 49.8. The van der Waals surface area contributed by atoms with Crippen LogP contribution in [0.4, 0.5) is 0 Å². The summed E-state index contributed by atoms with van der Waals surface area (Å²) < 4.78 is 33.6. The first-order chi connectivity index (χ1) is 41.9. The Kier molecular flexibility index (Phi) is 15.2. The van der Waals surface area contributed by atoms with E-state index in [1.165, 1.54) is 71.7 Å². The summed E-state index contributed by atoms with van der Waals surface area (Å²) in [6, 6.07) is 37.0. The number of ether oxygens (including phenoxy) is 4. The Balaban J connectivity index is 0.909. The number of aliphatic hydroxyl groups is 3. The first-order valence-corrected chi connectivity index (χ1v) is 31.9. The number of aryl methyl sites for hydroxylation is 2. The average Bonchev–Trinajstić information content (AvgIpc) is 0.776. The number of esters is 2. The molecule has 3 aliphatic heterocycles. The Morgan fingerprint density at radius 3 is 2.34 bits per heavy atom. The first kappa shape index (κ1) is 56.9. The molecule has 5 aromatic carbocycles. The zero-order valence-electron chi connectivity index (χ0n) is 49.8. The lowest BCUT2D eigenvalue weighted by atomic mass is 9.46. The Hall–Kier alpha value is -6.89. The van der Waals surface area contributed by atoms with Gasteiger partial charge in [0.15, 0.2) is 12.2 Å². The van der Waals surface area contributed by atoms with E-state index in [0.29, 0.717) is 65.4 Å². The van der Waals surface area contributed by atoms with Crippen LogP contribution >= 0.6 is 0 Å². The van der Waals surface area contributed by atoms with Gasteiger partial charge < -0.3 is 38.7 Å². The molecular weight excluding hydrogens is 1080 g/mol. The van der Waals surface area contributed by atoms with Crippen LogP contribution in [-0.4, -0.2) is 65.9 Å². The van der Waals surface area contributed by atoms with Crippen molar-refractivity contribution in [3.8, 4) is 5.75 Å². The lowest BCUT2D eigenvalue weighted by molar-refractivity contribution is -0.199. The zero-order chi connectivity index (χ0) is 59.0. The second kappa shape index (κ2) is 23.0. The molecular formula is C75H80O11. The molecule has 9 aliphatic rings. The Bertz CT molecular complexity index is 3760. The maximum absolute atomic E-state index is 15.9. The number of rotatable bonds is 9. The molecule has 6 aromatic rings. The van der Waals surface area contributed by atoms with Gasteiger partial charge in [0.25, 0.3) is 0 Å². The van der Waals surface area contributed by atoms with E-state index in [0.717, 1.165) is 30.4 Å². The minimum Gasteiger partial charge on any atom is -0.483 e. The minimum atomic E-state index is -1.37. The summed E-state index contributed by atoms with van der Waals surface area (Å²) in [5.41, 5.74) is 11.4. The number of carbonyl (C=O) groups is 2. The molecule has 4 heterocycles. The number of allylic oxidation sites excluding steroid dienone is 3. The lowest BCUT2D eigenvalue weighted by Crippen LogP contribution is -2.58. The van der Waals surface area contributed by atoms with Gasteiger partial charge in [-0.1, -0.05) is 122 Å². The molecule has 0 saturated heterocycles. The summed E-state index contributed by atoms with van der Waals surface area (Å²) in [5.74, 6) is -0.530. The molecule has 1 aromatic heterocycles. The van der Waals surface area contributed by atoms with Gasteiger partial charge in [0.2, 0.25) is 0 Å². The van der Waals surface area contributed by atoms with E-state index >= 15 is 9.59 Å². The Morgan fingerprint density at radius 1 is 0.756 bits per heavy atom. The maximum Gasteiger partial charge on any atom is 0.340 e. The highest BCUT2D eigenvalue weighted by Gasteiger charge is 2.60. The lowest BCUT2D eigenvalue weighted by Gasteiger charge is -2.57. The fraction of sp³-hybridized carbons (Fsp3) is 0.453. The SMILES string of the molecule is COC[C@@H](CCO)c1c(CO)c2ccc3c(c2oc1=O)[C@H]1OC(=O)C[C@H]2C[C@H](c4cccc5c4CC[C@H]4CCC[C@@H]6CCc7ccccc7[C@@]564)C=C[C@H]2c2ccc(cc2)CC/C(=C(\C)CO)C(=O)O[C@@H]1[C@](C)([C@H]1C[C@@H]2C=Cc4ccccc4[C@@H]2C1)O3. The molecule has 2 saturated carbocycles. The van der Waals surface area contributed by atoms with E-state index in [1.807, 2.05) is 6.92 Å². The van der Waals surface area contributed by atoms with Gasteiger partial charge in [0, 0.05) is 65.7 Å². The van der Waals surface area contributed by atoms with Gasteiger partial charge in [-0.25, -0.2) is 9.59 Å². The highest BCUT2D eigenvalue weighted by atomic mass is 16.6. The molecule has 11 nitrogen and oxygen atoms in total. The predicted octanol–water partition coefficient (Wildman–Crippen LogP) is 13.3. The van der Waals surface area contributed by atoms with Crippen molar-refractivity contribution in [2.24, 2.45) is 29.6 Å². The highest BCUT2D eigenvalue weighted by Crippen LogP contribution is 2.62. The topological polar surface area (TPSA) is 162 Å². The number of aliphatic hydroxyl groups excluding tert-OH is 3. The molecule has 0 unspecified atom stereocenters. The van der Waals surface area contributed by atoms with Crippen molar-refractivity contribution in [2.45, 2.75) is 157 Å². The van der Waals surface area contributed by atoms with Crippen LogP contribution in [0.15, 0.2) is 142 Å². The monoisotopic (exact) mass is 1160 g/mol. The van der Waals surface area contributed by atoms with Gasteiger partial charge in [0.1, 0.15) is 16.9 Å². The molecule has 0 amide bonds. The summed E-state index contributed by atoms with van der Waals surface area (Å²) >= 11 is 0. The van der Waals surface area contributed by atoms with E-state index < -0.39 is 47.9 Å².